The van der Waals surface area contributed by atoms with Gasteiger partial charge in [-0.25, -0.2) is 4.98 Å². The van der Waals surface area contributed by atoms with Crippen LogP contribution in [0.25, 0.3) is 10.2 Å². The lowest BCUT2D eigenvalue weighted by molar-refractivity contribution is 0.0985. The first-order valence-corrected chi connectivity index (χ1v) is 9.17. The number of aryl methyl sites for hydroxylation is 2. The molecule has 0 bridgehead atoms. The Morgan fingerprint density at radius 3 is 2.42 bits per heavy atom. The van der Waals surface area contributed by atoms with Gasteiger partial charge in [-0.15, -0.1) is 12.4 Å². The molecule has 0 N–H and O–H groups in total. The standard InChI is InChI=1S/C20H23N3OS.ClH/c1-14-12-15(2)18-17(13-14)21-20(25-18)23(11-10-22(3)4)19(24)16-8-6-5-7-9-16;/h5-9,12-13H,10-11H2,1-4H3;1H. The molecule has 6 heteroatoms. The molecule has 4 nitrogen and oxygen atoms in total. The van der Waals surface area contributed by atoms with Gasteiger partial charge in [0.15, 0.2) is 5.13 Å². The normalized spacial score (nSPS) is 10.8. The minimum Gasteiger partial charge on any atom is -0.308 e. The highest BCUT2D eigenvalue weighted by Crippen LogP contribution is 2.32. The van der Waals surface area contributed by atoms with Crippen LogP contribution in [-0.2, 0) is 0 Å². The van der Waals surface area contributed by atoms with E-state index in [9.17, 15) is 4.79 Å². The number of anilines is 1. The fourth-order valence-corrected chi connectivity index (χ4v) is 3.84. The van der Waals surface area contributed by atoms with Gasteiger partial charge in [0.1, 0.15) is 0 Å². The van der Waals surface area contributed by atoms with Gasteiger partial charge in [-0.05, 0) is 57.3 Å². The molecular weight excluding hydrogens is 366 g/mol. The van der Waals surface area contributed by atoms with Crippen molar-refractivity contribution in [3.8, 4) is 0 Å². The van der Waals surface area contributed by atoms with Crippen LogP contribution in [0, 0.1) is 13.8 Å². The van der Waals surface area contributed by atoms with Gasteiger partial charge >= 0.3 is 0 Å². The van der Waals surface area contributed by atoms with Gasteiger partial charge in [0.25, 0.3) is 5.91 Å². The molecule has 0 spiro atoms. The molecule has 0 radical (unpaired) electrons. The van der Waals surface area contributed by atoms with E-state index in [1.54, 1.807) is 16.2 Å². The molecule has 0 saturated heterocycles. The molecule has 0 unspecified atom stereocenters. The van der Waals surface area contributed by atoms with Gasteiger partial charge in [-0.3, -0.25) is 9.69 Å². The van der Waals surface area contributed by atoms with Crippen LogP contribution in [0.5, 0.6) is 0 Å². The summed E-state index contributed by atoms with van der Waals surface area (Å²) >= 11 is 1.59. The van der Waals surface area contributed by atoms with Crippen molar-refractivity contribution < 1.29 is 4.79 Å². The van der Waals surface area contributed by atoms with Crippen molar-refractivity contribution >= 4 is 45.0 Å². The highest BCUT2D eigenvalue weighted by molar-refractivity contribution is 7.22. The number of hydrogen-bond acceptors (Lipinski definition) is 4. The Balaban J connectivity index is 0.00000243. The number of halogens is 1. The number of amides is 1. The number of likely N-dealkylation sites (N-methyl/N-ethyl adjacent to an activating group) is 1. The summed E-state index contributed by atoms with van der Waals surface area (Å²) in [6, 6.07) is 13.7. The van der Waals surface area contributed by atoms with E-state index >= 15 is 0 Å². The predicted octanol–water partition coefficient (Wildman–Crippen LogP) is 4.54. The zero-order chi connectivity index (χ0) is 18.0. The van der Waals surface area contributed by atoms with Crippen molar-refractivity contribution in [2.45, 2.75) is 13.8 Å². The van der Waals surface area contributed by atoms with E-state index < -0.39 is 0 Å². The van der Waals surface area contributed by atoms with Crippen molar-refractivity contribution in [1.82, 2.24) is 9.88 Å². The molecule has 0 atom stereocenters. The summed E-state index contributed by atoms with van der Waals surface area (Å²) in [4.78, 5) is 21.7. The number of rotatable bonds is 5. The van der Waals surface area contributed by atoms with Crippen molar-refractivity contribution in [3.63, 3.8) is 0 Å². The number of hydrogen-bond donors (Lipinski definition) is 0. The monoisotopic (exact) mass is 389 g/mol. The Morgan fingerprint density at radius 2 is 1.77 bits per heavy atom. The van der Waals surface area contributed by atoms with Crippen molar-refractivity contribution in [1.29, 1.82) is 0 Å². The lowest BCUT2D eigenvalue weighted by atomic mass is 10.1. The highest BCUT2D eigenvalue weighted by atomic mass is 35.5. The minimum absolute atomic E-state index is 0. The van der Waals surface area contributed by atoms with Crippen LogP contribution in [0.3, 0.4) is 0 Å². The zero-order valence-electron chi connectivity index (χ0n) is 15.5. The molecule has 138 valence electrons. The Kier molecular flexibility index (Phi) is 6.75. The third-order valence-electron chi connectivity index (χ3n) is 4.08. The molecular formula is C20H24ClN3OS. The number of nitrogens with zero attached hydrogens (tertiary/aromatic N) is 3. The molecule has 1 amide bonds. The third kappa shape index (κ3) is 4.41. The van der Waals surface area contributed by atoms with Crippen LogP contribution < -0.4 is 4.90 Å². The van der Waals surface area contributed by atoms with Crippen LogP contribution in [0.15, 0.2) is 42.5 Å². The smallest absolute Gasteiger partial charge is 0.260 e. The molecule has 0 aliphatic carbocycles. The maximum Gasteiger partial charge on any atom is 0.260 e. The van der Waals surface area contributed by atoms with Gasteiger partial charge in [0, 0.05) is 18.7 Å². The van der Waals surface area contributed by atoms with E-state index in [0.717, 1.165) is 21.9 Å². The summed E-state index contributed by atoms with van der Waals surface area (Å²) in [5.41, 5.74) is 4.05. The maximum atomic E-state index is 13.1. The average molecular weight is 390 g/mol. The summed E-state index contributed by atoms with van der Waals surface area (Å²) in [6.07, 6.45) is 0. The predicted molar refractivity (Wildman–Crippen MR) is 113 cm³/mol. The molecule has 0 fully saturated rings. The molecule has 3 rings (SSSR count). The van der Waals surface area contributed by atoms with Crippen molar-refractivity contribution in [2.24, 2.45) is 0 Å². The number of carbonyl (C=O) groups is 1. The summed E-state index contributed by atoms with van der Waals surface area (Å²) in [5.74, 6) is -0.00381. The van der Waals surface area contributed by atoms with E-state index in [0.29, 0.717) is 12.1 Å². The summed E-state index contributed by atoms with van der Waals surface area (Å²) in [5, 5.41) is 0.763. The topological polar surface area (TPSA) is 36.4 Å². The van der Waals surface area contributed by atoms with Crippen molar-refractivity contribution in [3.05, 3.63) is 59.2 Å². The summed E-state index contributed by atoms with van der Waals surface area (Å²) in [6.45, 7) is 5.57. The zero-order valence-corrected chi connectivity index (χ0v) is 17.2. The first kappa shape index (κ1) is 20.4. The molecule has 3 aromatic rings. The Bertz CT molecular complexity index is 893. The highest BCUT2D eigenvalue weighted by Gasteiger charge is 2.21. The first-order chi connectivity index (χ1) is 12.0. The van der Waals surface area contributed by atoms with E-state index in [1.165, 1.54) is 11.1 Å². The SMILES string of the molecule is Cc1cc(C)c2sc(N(CCN(C)C)C(=O)c3ccccc3)nc2c1.Cl. The van der Waals surface area contributed by atoms with E-state index in [2.05, 4.69) is 30.9 Å². The Hall–Kier alpha value is -1.95. The molecule has 0 aliphatic heterocycles. The van der Waals surface area contributed by atoms with Crippen LogP contribution in [0.1, 0.15) is 21.5 Å². The first-order valence-electron chi connectivity index (χ1n) is 8.35. The van der Waals surface area contributed by atoms with E-state index in [4.69, 9.17) is 4.98 Å². The largest absolute Gasteiger partial charge is 0.308 e. The number of carbonyl (C=O) groups excluding carboxylic acids is 1. The van der Waals surface area contributed by atoms with Gasteiger partial charge in [0.05, 0.1) is 10.2 Å². The fourth-order valence-electron chi connectivity index (χ4n) is 2.80. The van der Waals surface area contributed by atoms with Crippen LogP contribution >= 0.6 is 23.7 Å². The fraction of sp³-hybridized carbons (Fsp3) is 0.300. The van der Waals surface area contributed by atoms with E-state index in [-0.39, 0.29) is 18.3 Å². The molecule has 26 heavy (non-hydrogen) atoms. The molecule has 0 saturated carbocycles. The quantitative estimate of drug-likeness (QED) is 0.642. The number of fused-ring (bicyclic) bond motifs is 1. The van der Waals surface area contributed by atoms with Gasteiger partial charge in [-0.1, -0.05) is 35.6 Å². The van der Waals surface area contributed by atoms with Crippen LogP contribution in [0.2, 0.25) is 0 Å². The number of thiazole rings is 1. The number of benzene rings is 2. The Labute approximate surface area is 164 Å². The average Bonchev–Trinajstić information content (AvgIpc) is 2.99. The molecule has 2 aromatic carbocycles. The second kappa shape index (κ2) is 8.62. The molecule has 0 aliphatic rings. The lowest BCUT2D eigenvalue weighted by Gasteiger charge is -2.22. The molecule has 1 aromatic heterocycles. The minimum atomic E-state index is -0.00381. The number of aromatic nitrogens is 1. The summed E-state index contributed by atoms with van der Waals surface area (Å²) < 4.78 is 1.15. The Morgan fingerprint density at radius 1 is 1.08 bits per heavy atom. The van der Waals surface area contributed by atoms with Gasteiger partial charge < -0.3 is 4.90 Å². The second-order valence-electron chi connectivity index (χ2n) is 6.55. The van der Waals surface area contributed by atoms with E-state index in [1.807, 2.05) is 44.4 Å². The van der Waals surface area contributed by atoms with Gasteiger partial charge in [-0.2, -0.15) is 0 Å². The maximum absolute atomic E-state index is 13.1. The van der Waals surface area contributed by atoms with Gasteiger partial charge in [0.2, 0.25) is 0 Å². The lowest BCUT2D eigenvalue weighted by Crippen LogP contribution is -2.36. The summed E-state index contributed by atoms with van der Waals surface area (Å²) in [7, 11) is 4.02. The third-order valence-corrected chi connectivity index (χ3v) is 5.31. The second-order valence-corrected chi connectivity index (χ2v) is 7.53. The van der Waals surface area contributed by atoms with Crippen LogP contribution in [-0.4, -0.2) is 43.0 Å². The van der Waals surface area contributed by atoms with Crippen LogP contribution in [0.4, 0.5) is 5.13 Å². The molecule has 1 heterocycles. The van der Waals surface area contributed by atoms with Crippen molar-refractivity contribution in [2.75, 3.05) is 32.1 Å².